The van der Waals surface area contributed by atoms with Crippen molar-refractivity contribution in [3.8, 4) is 0 Å². The highest BCUT2D eigenvalue weighted by Crippen LogP contribution is 2.48. The van der Waals surface area contributed by atoms with Crippen LogP contribution in [-0.2, 0) is 0 Å². The van der Waals surface area contributed by atoms with E-state index in [-0.39, 0.29) is 0 Å². The van der Waals surface area contributed by atoms with Crippen LogP contribution in [0.1, 0.15) is 83.5 Å². The Bertz CT molecular complexity index is 348. The van der Waals surface area contributed by atoms with Crippen molar-refractivity contribution in [3.05, 3.63) is 37.5 Å². The van der Waals surface area contributed by atoms with E-state index in [1.807, 2.05) is 6.08 Å². The van der Waals surface area contributed by atoms with Crippen molar-refractivity contribution < 1.29 is 0 Å². The first-order chi connectivity index (χ1) is 10.8. The zero-order valence-electron chi connectivity index (χ0n) is 14.6. The van der Waals surface area contributed by atoms with Gasteiger partial charge < -0.3 is 0 Å². The summed E-state index contributed by atoms with van der Waals surface area (Å²) < 4.78 is 0. The molecule has 0 heteroatoms. The fourth-order valence-electron chi connectivity index (χ4n) is 4.73. The molecule has 0 amide bonds. The lowest BCUT2D eigenvalue weighted by Crippen LogP contribution is -2.30. The summed E-state index contributed by atoms with van der Waals surface area (Å²) in [4.78, 5) is 0. The average molecular weight is 301 g/mol. The third-order valence-electron chi connectivity index (χ3n) is 6.20. The molecule has 124 valence electrons. The summed E-state index contributed by atoms with van der Waals surface area (Å²) in [5.74, 6) is 2.08. The van der Waals surface area contributed by atoms with E-state index in [0.29, 0.717) is 5.41 Å². The summed E-state index contributed by atoms with van der Waals surface area (Å²) in [6, 6.07) is 0. The number of hydrogen-bond donors (Lipinski definition) is 0. The predicted octanol–water partition coefficient (Wildman–Crippen LogP) is 7.23. The molecule has 0 bridgehead atoms. The zero-order chi connectivity index (χ0) is 15.7. The Morgan fingerprint density at radius 3 is 2.05 bits per heavy atom. The summed E-state index contributed by atoms with van der Waals surface area (Å²) in [5.41, 5.74) is 0.473. The van der Waals surface area contributed by atoms with E-state index in [0.717, 1.165) is 24.7 Å². The van der Waals surface area contributed by atoms with E-state index >= 15 is 0 Å². The third-order valence-corrected chi connectivity index (χ3v) is 6.20. The Hall–Kier alpha value is -0.780. The Labute approximate surface area is 138 Å². The number of hydrogen-bond acceptors (Lipinski definition) is 0. The molecule has 2 fully saturated rings. The quantitative estimate of drug-likeness (QED) is 0.327. The van der Waals surface area contributed by atoms with Crippen LogP contribution in [0.2, 0.25) is 0 Å². The smallest absolute Gasteiger partial charge is 0.0115 e. The number of allylic oxidation sites excluding steroid dienone is 4. The van der Waals surface area contributed by atoms with Crippen LogP contribution in [0.25, 0.3) is 0 Å². The van der Waals surface area contributed by atoms with Gasteiger partial charge in [0.15, 0.2) is 0 Å². The van der Waals surface area contributed by atoms with Crippen molar-refractivity contribution >= 4 is 0 Å². The van der Waals surface area contributed by atoms with E-state index in [9.17, 15) is 0 Å². The minimum Gasteiger partial charge on any atom is -0.103 e. The Morgan fingerprint density at radius 1 is 0.773 bits per heavy atom. The second kappa shape index (κ2) is 9.38. The molecule has 0 unspecified atom stereocenters. The minimum absolute atomic E-state index is 0.473. The van der Waals surface area contributed by atoms with E-state index in [2.05, 4.69) is 31.4 Å². The SMILES string of the molecule is C=CCCC=CC1(CCC=C)CCC(C2CCCCC2)CC1. The van der Waals surface area contributed by atoms with Gasteiger partial charge in [0.2, 0.25) is 0 Å². The van der Waals surface area contributed by atoms with Crippen molar-refractivity contribution in [3.63, 3.8) is 0 Å². The molecule has 2 aliphatic rings. The summed E-state index contributed by atoms with van der Waals surface area (Å²) in [6.45, 7) is 7.76. The molecular weight excluding hydrogens is 264 g/mol. The molecule has 2 saturated carbocycles. The lowest BCUT2D eigenvalue weighted by Gasteiger charge is -2.42. The van der Waals surface area contributed by atoms with Crippen molar-refractivity contribution in [2.75, 3.05) is 0 Å². The Kier molecular flexibility index (Phi) is 7.49. The molecule has 0 saturated heterocycles. The molecule has 22 heavy (non-hydrogen) atoms. The lowest BCUT2D eigenvalue weighted by atomic mass is 9.63. The average Bonchev–Trinajstić information content (AvgIpc) is 2.58. The Morgan fingerprint density at radius 2 is 1.41 bits per heavy atom. The van der Waals surface area contributed by atoms with Crippen LogP contribution >= 0.6 is 0 Å². The van der Waals surface area contributed by atoms with Gasteiger partial charge in [-0.05, 0) is 68.6 Å². The molecule has 0 aromatic carbocycles. The van der Waals surface area contributed by atoms with Gasteiger partial charge in [-0.25, -0.2) is 0 Å². The van der Waals surface area contributed by atoms with E-state index < -0.39 is 0 Å². The number of rotatable bonds is 8. The van der Waals surface area contributed by atoms with Gasteiger partial charge in [-0.1, -0.05) is 56.4 Å². The first-order valence-corrected chi connectivity index (χ1v) is 9.69. The summed E-state index contributed by atoms with van der Waals surface area (Å²) in [7, 11) is 0. The fraction of sp³-hybridized carbons (Fsp3) is 0.727. The molecule has 0 nitrogen and oxygen atoms in total. The second-order valence-corrected chi connectivity index (χ2v) is 7.69. The van der Waals surface area contributed by atoms with Gasteiger partial charge in [0.25, 0.3) is 0 Å². The van der Waals surface area contributed by atoms with Crippen LogP contribution in [0.3, 0.4) is 0 Å². The molecule has 0 aliphatic heterocycles. The largest absolute Gasteiger partial charge is 0.103 e. The van der Waals surface area contributed by atoms with Gasteiger partial charge in [-0.2, -0.15) is 0 Å². The lowest BCUT2D eigenvalue weighted by molar-refractivity contribution is 0.127. The monoisotopic (exact) mass is 300 g/mol. The number of unbranched alkanes of at least 4 members (excludes halogenated alkanes) is 1. The summed E-state index contributed by atoms with van der Waals surface area (Å²) in [6.07, 6.45) is 27.1. The van der Waals surface area contributed by atoms with E-state index in [1.54, 1.807) is 0 Å². The fourth-order valence-corrected chi connectivity index (χ4v) is 4.73. The molecule has 0 spiro atoms. The highest BCUT2D eigenvalue weighted by Gasteiger charge is 2.35. The second-order valence-electron chi connectivity index (χ2n) is 7.69. The molecule has 0 radical (unpaired) electrons. The van der Waals surface area contributed by atoms with Gasteiger partial charge >= 0.3 is 0 Å². The normalized spacial score (nSPS) is 30.5. The van der Waals surface area contributed by atoms with Crippen molar-refractivity contribution in [2.45, 2.75) is 83.5 Å². The molecule has 2 rings (SSSR count). The maximum Gasteiger partial charge on any atom is -0.0115 e. The molecule has 0 aromatic rings. The van der Waals surface area contributed by atoms with Gasteiger partial charge in [-0.15, -0.1) is 13.2 Å². The van der Waals surface area contributed by atoms with Crippen molar-refractivity contribution in [2.24, 2.45) is 17.3 Å². The van der Waals surface area contributed by atoms with Crippen molar-refractivity contribution in [1.29, 1.82) is 0 Å². The molecule has 0 aromatic heterocycles. The predicted molar refractivity (Wildman–Crippen MR) is 99.0 cm³/mol. The maximum atomic E-state index is 3.94. The zero-order valence-corrected chi connectivity index (χ0v) is 14.6. The summed E-state index contributed by atoms with van der Waals surface area (Å²) in [5, 5.41) is 0. The third kappa shape index (κ3) is 5.14. The van der Waals surface area contributed by atoms with Crippen LogP contribution in [0, 0.1) is 17.3 Å². The van der Waals surface area contributed by atoms with Crippen LogP contribution in [0.5, 0.6) is 0 Å². The molecular formula is C22H36. The topological polar surface area (TPSA) is 0 Å². The van der Waals surface area contributed by atoms with Crippen LogP contribution in [-0.4, -0.2) is 0 Å². The van der Waals surface area contributed by atoms with Gasteiger partial charge in [0, 0.05) is 0 Å². The highest BCUT2D eigenvalue weighted by molar-refractivity contribution is 5.04. The Balaban J connectivity index is 1.89. The maximum absolute atomic E-state index is 3.94. The molecule has 2 aliphatic carbocycles. The molecule has 0 N–H and O–H groups in total. The minimum atomic E-state index is 0.473. The van der Waals surface area contributed by atoms with E-state index in [4.69, 9.17) is 0 Å². The first-order valence-electron chi connectivity index (χ1n) is 9.69. The van der Waals surface area contributed by atoms with Crippen molar-refractivity contribution in [1.82, 2.24) is 0 Å². The van der Waals surface area contributed by atoms with E-state index in [1.165, 1.54) is 70.6 Å². The van der Waals surface area contributed by atoms with Gasteiger partial charge in [-0.3, -0.25) is 0 Å². The molecule has 0 atom stereocenters. The molecule has 0 heterocycles. The van der Waals surface area contributed by atoms with Gasteiger partial charge in [0.1, 0.15) is 0 Å². The van der Waals surface area contributed by atoms with Gasteiger partial charge in [0.05, 0.1) is 0 Å². The standard InChI is InChI=1S/C22H36/c1-3-5-7-11-17-22(16-6-4-2)18-14-21(15-19-22)20-12-9-8-10-13-20/h3-4,11,17,20-21H,1-2,5-10,12-16,18-19H2. The first kappa shape index (κ1) is 17.6. The highest BCUT2D eigenvalue weighted by atomic mass is 14.4. The van der Waals surface area contributed by atoms with Crippen LogP contribution < -0.4 is 0 Å². The van der Waals surface area contributed by atoms with Crippen LogP contribution in [0.4, 0.5) is 0 Å². The van der Waals surface area contributed by atoms with Crippen LogP contribution in [0.15, 0.2) is 37.5 Å². The summed E-state index contributed by atoms with van der Waals surface area (Å²) >= 11 is 0.